The standard InChI is InChI=1S/C18H13Cl2F2N3O/c1-10-16(18(26)23-15-7-4-12(19)8-14(15)22)17(20)25(24-10)9-11-2-5-13(21)6-3-11/h2-8H,9H2,1H3,(H,23,26). The Morgan fingerprint density at radius 2 is 1.85 bits per heavy atom. The number of anilines is 1. The minimum absolute atomic E-state index is 0.0128. The maximum Gasteiger partial charge on any atom is 0.260 e. The van der Waals surface area contributed by atoms with E-state index in [-0.39, 0.29) is 33.8 Å². The summed E-state index contributed by atoms with van der Waals surface area (Å²) in [5.74, 6) is -1.58. The van der Waals surface area contributed by atoms with Crippen LogP contribution < -0.4 is 5.32 Å². The van der Waals surface area contributed by atoms with Gasteiger partial charge in [-0.25, -0.2) is 13.5 Å². The molecule has 0 aliphatic rings. The third kappa shape index (κ3) is 3.86. The molecule has 0 bridgehead atoms. The zero-order chi connectivity index (χ0) is 18.8. The highest BCUT2D eigenvalue weighted by molar-refractivity contribution is 6.33. The number of rotatable bonds is 4. The topological polar surface area (TPSA) is 46.9 Å². The van der Waals surface area contributed by atoms with E-state index in [0.717, 1.165) is 11.6 Å². The maximum atomic E-state index is 13.9. The second kappa shape index (κ2) is 7.43. The van der Waals surface area contributed by atoms with E-state index in [1.54, 1.807) is 19.1 Å². The van der Waals surface area contributed by atoms with Crippen molar-refractivity contribution < 1.29 is 13.6 Å². The lowest BCUT2D eigenvalue weighted by atomic mass is 10.2. The van der Waals surface area contributed by atoms with Crippen LogP contribution in [-0.4, -0.2) is 15.7 Å². The third-order valence-electron chi connectivity index (χ3n) is 3.72. The molecule has 0 unspecified atom stereocenters. The number of halogens is 4. The molecule has 134 valence electrons. The van der Waals surface area contributed by atoms with Gasteiger partial charge in [-0.15, -0.1) is 0 Å². The Balaban J connectivity index is 1.84. The average Bonchev–Trinajstić information content (AvgIpc) is 2.86. The van der Waals surface area contributed by atoms with Gasteiger partial charge in [0, 0.05) is 5.02 Å². The van der Waals surface area contributed by atoms with E-state index in [1.807, 2.05) is 0 Å². The first-order valence-corrected chi connectivity index (χ1v) is 8.34. The van der Waals surface area contributed by atoms with Crippen molar-refractivity contribution >= 4 is 34.8 Å². The summed E-state index contributed by atoms with van der Waals surface area (Å²) in [7, 11) is 0. The first kappa shape index (κ1) is 18.4. The molecule has 3 rings (SSSR count). The summed E-state index contributed by atoms with van der Waals surface area (Å²) in [6, 6.07) is 9.79. The molecule has 0 aliphatic carbocycles. The number of benzene rings is 2. The molecule has 0 saturated heterocycles. The van der Waals surface area contributed by atoms with Crippen molar-refractivity contribution in [2.45, 2.75) is 13.5 Å². The van der Waals surface area contributed by atoms with E-state index in [2.05, 4.69) is 10.4 Å². The minimum atomic E-state index is -0.654. The summed E-state index contributed by atoms with van der Waals surface area (Å²) >= 11 is 12.0. The van der Waals surface area contributed by atoms with Crippen LogP contribution in [0.5, 0.6) is 0 Å². The van der Waals surface area contributed by atoms with Crippen molar-refractivity contribution in [3.8, 4) is 0 Å². The molecule has 0 aliphatic heterocycles. The highest BCUT2D eigenvalue weighted by atomic mass is 35.5. The lowest BCUT2D eigenvalue weighted by molar-refractivity contribution is 0.102. The van der Waals surface area contributed by atoms with E-state index in [4.69, 9.17) is 23.2 Å². The fourth-order valence-electron chi connectivity index (χ4n) is 2.45. The van der Waals surface area contributed by atoms with Gasteiger partial charge in [0.05, 0.1) is 23.5 Å². The molecular weight excluding hydrogens is 383 g/mol. The predicted octanol–water partition coefficient (Wildman–Crippen LogP) is 5.08. The van der Waals surface area contributed by atoms with E-state index < -0.39 is 11.7 Å². The molecule has 0 radical (unpaired) electrons. The highest BCUT2D eigenvalue weighted by Gasteiger charge is 2.21. The zero-order valence-corrected chi connectivity index (χ0v) is 15.1. The van der Waals surface area contributed by atoms with Crippen LogP contribution in [0.15, 0.2) is 42.5 Å². The SMILES string of the molecule is Cc1nn(Cc2ccc(F)cc2)c(Cl)c1C(=O)Nc1ccc(Cl)cc1F. The number of amides is 1. The minimum Gasteiger partial charge on any atom is -0.319 e. The smallest absolute Gasteiger partial charge is 0.260 e. The molecule has 1 N–H and O–H groups in total. The van der Waals surface area contributed by atoms with Gasteiger partial charge in [0.2, 0.25) is 0 Å². The second-order valence-electron chi connectivity index (χ2n) is 5.61. The Bertz CT molecular complexity index is 971. The molecule has 2 aromatic carbocycles. The molecular formula is C18H13Cl2F2N3O. The molecule has 26 heavy (non-hydrogen) atoms. The van der Waals surface area contributed by atoms with Crippen LogP contribution in [0, 0.1) is 18.6 Å². The summed E-state index contributed by atoms with van der Waals surface area (Å²) in [6.45, 7) is 1.89. The van der Waals surface area contributed by atoms with Gasteiger partial charge in [-0.2, -0.15) is 5.10 Å². The number of aromatic nitrogens is 2. The fourth-order valence-corrected chi connectivity index (χ4v) is 2.93. The van der Waals surface area contributed by atoms with Crippen LogP contribution in [0.2, 0.25) is 10.2 Å². The highest BCUT2D eigenvalue weighted by Crippen LogP contribution is 2.24. The first-order chi connectivity index (χ1) is 12.3. The summed E-state index contributed by atoms with van der Waals surface area (Å²) in [5, 5.41) is 7.04. The van der Waals surface area contributed by atoms with Crippen LogP contribution in [0.25, 0.3) is 0 Å². The van der Waals surface area contributed by atoms with Crippen molar-refractivity contribution in [1.29, 1.82) is 0 Å². The Labute approximate surface area is 158 Å². The van der Waals surface area contributed by atoms with Gasteiger partial charge in [0.1, 0.15) is 16.8 Å². The summed E-state index contributed by atoms with van der Waals surface area (Å²) in [4.78, 5) is 12.5. The number of aryl methyl sites for hydroxylation is 1. The Kier molecular flexibility index (Phi) is 5.25. The fraction of sp³-hybridized carbons (Fsp3) is 0.111. The lowest BCUT2D eigenvalue weighted by Gasteiger charge is -2.07. The normalized spacial score (nSPS) is 10.8. The van der Waals surface area contributed by atoms with Crippen molar-refractivity contribution in [2.24, 2.45) is 0 Å². The molecule has 0 spiro atoms. The average molecular weight is 396 g/mol. The number of hydrogen-bond donors (Lipinski definition) is 1. The predicted molar refractivity (Wildman–Crippen MR) is 96.8 cm³/mol. The second-order valence-corrected chi connectivity index (χ2v) is 6.41. The molecule has 0 atom stereocenters. The van der Waals surface area contributed by atoms with Gasteiger partial charge < -0.3 is 5.32 Å². The van der Waals surface area contributed by atoms with E-state index in [9.17, 15) is 13.6 Å². The summed E-state index contributed by atoms with van der Waals surface area (Å²) < 4.78 is 28.3. The lowest BCUT2D eigenvalue weighted by Crippen LogP contribution is -2.14. The first-order valence-electron chi connectivity index (χ1n) is 7.59. The van der Waals surface area contributed by atoms with Crippen molar-refractivity contribution in [1.82, 2.24) is 9.78 Å². The molecule has 1 aromatic heterocycles. The van der Waals surface area contributed by atoms with Gasteiger partial charge in [0.15, 0.2) is 0 Å². The van der Waals surface area contributed by atoms with Crippen molar-refractivity contribution in [2.75, 3.05) is 5.32 Å². The van der Waals surface area contributed by atoms with Crippen molar-refractivity contribution in [3.63, 3.8) is 0 Å². The molecule has 8 heteroatoms. The van der Waals surface area contributed by atoms with E-state index >= 15 is 0 Å². The van der Waals surface area contributed by atoms with E-state index in [0.29, 0.717) is 5.69 Å². The zero-order valence-electron chi connectivity index (χ0n) is 13.6. The molecule has 1 heterocycles. The number of nitrogens with one attached hydrogen (secondary N) is 1. The number of carbonyl (C=O) groups is 1. The van der Waals surface area contributed by atoms with Crippen molar-refractivity contribution in [3.05, 3.63) is 81.1 Å². The van der Waals surface area contributed by atoms with Gasteiger partial charge in [0.25, 0.3) is 5.91 Å². The molecule has 4 nitrogen and oxygen atoms in total. The monoisotopic (exact) mass is 395 g/mol. The van der Waals surface area contributed by atoms with Crippen LogP contribution in [0.1, 0.15) is 21.6 Å². The number of nitrogens with zero attached hydrogens (tertiary/aromatic N) is 2. The Morgan fingerprint density at radius 3 is 2.50 bits per heavy atom. The Hall–Kier alpha value is -2.44. The van der Waals surface area contributed by atoms with Crippen LogP contribution in [-0.2, 0) is 6.54 Å². The van der Waals surface area contributed by atoms with Gasteiger partial charge in [-0.3, -0.25) is 4.79 Å². The number of hydrogen-bond acceptors (Lipinski definition) is 2. The molecule has 0 fully saturated rings. The van der Waals surface area contributed by atoms with Gasteiger partial charge in [-0.05, 0) is 42.8 Å². The van der Waals surface area contributed by atoms with E-state index in [1.165, 1.54) is 28.9 Å². The maximum absolute atomic E-state index is 13.9. The molecule has 1 amide bonds. The summed E-state index contributed by atoms with van der Waals surface area (Å²) in [5.41, 5.74) is 1.29. The Morgan fingerprint density at radius 1 is 1.15 bits per heavy atom. The van der Waals surface area contributed by atoms with Gasteiger partial charge in [-0.1, -0.05) is 35.3 Å². The van der Waals surface area contributed by atoms with Gasteiger partial charge >= 0.3 is 0 Å². The van der Waals surface area contributed by atoms with Crippen LogP contribution in [0.3, 0.4) is 0 Å². The quantitative estimate of drug-likeness (QED) is 0.669. The third-order valence-corrected chi connectivity index (χ3v) is 4.34. The van der Waals surface area contributed by atoms with Crippen LogP contribution >= 0.6 is 23.2 Å². The van der Waals surface area contributed by atoms with Crippen LogP contribution in [0.4, 0.5) is 14.5 Å². The summed E-state index contributed by atoms with van der Waals surface area (Å²) in [6.07, 6.45) is 0. The largest absolute Gasteiger partial charge is 0.319 e. The number of carbonyl (C=O) groups excluding carboxylic acids is 1. The molecule has 3 aromatic rings. The molecule has 0 saturated carbocycles.